The maximum atomic E-state index is 13.1. The van der Waals surface area contributed by atoms with Crippen molar-refractivity contribution in [1.29, 1.82) is 0 Å². The number of allylic oxidation sites excluding steroid dienone is 4. The van der Waals surface area contributed by atoms with Gasteiger partial charge in [-0.25, -0.2) is 0 Å². The Bertz CT molecular complexity index is 1070. The van der Waals surface area contributed by atoms with Crippen LogP contribution in [0.4, 0.5) is 19.0 Å². The Morgan fingerprint density at radius 3 is 2.87 bits per heavy atom. The normalized spacial score (nSPS) is 17.6. The van der Waals surface area contributed by atoms with Crippen LogP contribution in [0, 0.1) is 0 Å². The third-order valence-electron chi connectivity index (χ3n) is 4.95. The zero-order valence-electron chi connectivity index (χ0n) is 16.5. The summed E-state index contributed by atoms with van der Waals surface area (Å²) in [6.07, 6.45) is 2.55. The highest BCUT2D eigenvalue weighted by atomic mass is 19.4. The van der Waals surface area contributed by atoms with Crippen molar-refractivity contribution in [3.8, 4) is 0 Å². The molecule has 1 aliphatic heterocycles. The minimum atomic E-state index is -4.52. The Balaban J connectivity index is 1.71. The van der Waals surface area contributed by atoms with Crippen molar-refractivity contribution in [1.82, 2.24) is 19.7 Å². The van der Waals surface area contributed by atoms with Crippen LogP contribution in [0.1, 0.15) is 23.3 Å². The molecule has 1 fully saturated rings. The molecule has 0 spiro atoms. The average molecular weight is 435 g/mol. The maximum absolute atomic E-state index is 13.1. The molecule has 3 heterocycles. The molecule has 2 aromatic rings. The van der Waals surface area contributed by atoms with Crippen LogP contribution in [0.15, 0.2) is 36.2 Å². The average Bonchev–Trinajstić information content (AvgIpc) is 2.90. The molecule has 31 heavy (non-hydrogen) atoms. The summed E-state index contributed by atoms with van der Waals surface area (Å²) in [4.78, 5) is 30.6. The van der Waals surface area contributed by atoms with Crippen LogP contribution in [0.25, 0.3) is 10.9 Å². The van der Waals surface area contributed by atoms with E-state index in [2.05, 4.69) is 15.4 Å². The molecule has 1 saturated heterocycles. The van der Waals surface area contributed by atoms with Gasteiger partial charge in [0.05, 0.1) is 23.2 Å². The number of Topliss-reactive ketones (excluding diaryl/α,β-unsaturated/α-hetero) is 1. The Hall–Kier alpha value is -3.21. The van der Waals surface area contributed by atoms with Gasteiger partial charge in [0.25, 0.3) is 5.91 Å². The number of alkyl halides is 3. The number of amides is 1. The standard InChI is InChI=1S/C20H20F3N5O3/c21-20(22,23)12-28-16-10-15(19(30)27-6-3-8-31-9-7-27)24-11-13(16)18(26-28)25-14-4-1-2-5-17(14)29/h1-2,4,10-11H,3,5-9,12H2,(H,25,26). The molecule has 164 valence electrons. The Labute approximate surface area is 175 Å². The van der Waals surface area contributed by atoms with Gasteiger partial charge in [-0.15, -0.1) is 0 Å². The third-order valence-corrected chi connectivity index (χ3v) is 4.95. The molecule has 0 saturated carbocycles. The fourth-order valence-corrected chi connectivity index (χ4v) is 3.46. The predicted octanol–water partition coefficient (Wildman–Crippen LogP) is 2.68. The number of carbonyl (C=O) groups is 2. The number of anilines is 1. The zero-order valence-corrected chi connectivity index (χ0v) is 16.5. The molecule has 1 aliphatic carbocycles. The molecule has 0 radical (unpaired) electrons. The Morgan fingerprint density at radius 1 is 1.26 bits per heavy atom. The van der Waals surface area contributed by atoms with E-state index < -0.39 is 12.7 Å². The number of ether oxygens (including phenoxy) is 1. The lowest BCUT2D eigenvalue weighted by Gasteiger charge is -2.19. The molecule has 1 amide bonds. The quantitative estimate of drug-likeness (QED) is 0.795. The first-order valence-corrected chi connectivity index (χ1v) is 9.79. The first-order valence-electron chi connectivity index (χ1n) is 9.79. The van der Waals surface area contributed by atoms with E-state index in [-0.39, 0.29) is 46.2 Å². The first-order chi connectivity index (χ1) is 14.8. The van der Waals surface area contributed by atoms with Gasteiger partial charge in [-0.1, -0.05) is 12.2 Å². The summed E-state index contributed by atoms with van der Waals surface area (Å²) >= 11 is 0. The van der Waals surface area contributed by atoms with Crippen LogP contribution in [-0.4, -0.2) is 63.8 Å². The summed E-state index contributed by atoms with van der Waals surface area (Å²) in [5.74, 6) is -0.509. The second-order valence-corrected chi connectivity index (χ2v) is 7.23. The van der Waals surface area contributed by atoms with Gasteiger partial charge in [-0.05, 0) is 18.6 Å². The number of rotatable bonds is 4. The minimum absolute atomic E-state index is 0.0279. The highest BCUT2D eigenvalue weighted by Crippen LogP contribution is 2.28. The van der Waals surface area contributed by atoms with Gasteiger partial charge >= 0.3 is 6.18 Å². The highest BCUT2D eigenvalue weighted by molar-refractivity contribution is 6.03. The third kappa shape index (κ3) is 4.76. The van der Waals surface area contributed by atoms with Gasteiger partial charge in [-0.2, -0.15) is 18.3 Å². The van der Waals surface area contributed by atoms with E-state index in [4.69, 9.17) is 4.74 Å². The lowest BCUT2D eigenvalue weighted by atomic mass is 10.1. The Morgan fingerprint density at radius 2 is 2.10 bits per heavy atom. The fraction of sp³-hybridized carbons (Fsp3) is 0.400. The molecule has 8 nitrogen and oxygen atoms in total. The molecule has 0 atom stereocenters. The number of nitrogens with zero attached hydrogens (tertiary/aromatic N) is 4. The van der Waals surface area contributed by atoms with Crippen LogP contribution < -0.4 is 5.32 Å². The largest absolute Gasteiger partial charge is 0.408 e. The number of carbonyl (C=O) groups excluding carboxylic acids is 2. The van der Waals surface area contributed by atoms with Gasteiger partial charge < -0.3 is 15.0 Å². The molecule has 2 aliphatic rings. The predicted molar refractivity (Wildman–Crippen MR) is 105 cm³/mol. The number of pyridine rings is 1. The van der Waals surface area contributed by atoms with E-state index in [0.29, 0.717) is 32.7 Å². The summed E-state index contributed by atoms with van der Waals surface area (Å²) in [6.45, 7) is 0.472. The number of halogens is 3. The summed E-state index contributed by atoms with van der Waals surface area (Å²) in [5.41, 5.74) is 0.356. The summed E-state index contributed by atoms with van der Waals surface area (Å²) in [7, 11) is 0. The van der Waals surface area contributed by atoms with Gasteiger partial charge in [0.15, 0.2) is 11.6 Å². The molecule has 2 aromatic heterocycles. The SMILES string of the molecule is O=C1CC=CC=C1Nc1nn(CC(F)(F)F)c2cc(C(=O)N3CCCOCC3)ncc12. The monoisotopic (exact) mass is 435 g/mol. The van der Waals surface area contributed by atoms with E-state index in [1.54, 1.807) is 17.1 Å². The smallest absolute Gasteiger partial charge is 0.380 e. The second kappa shape index (κ2) is 8.50. The van der Waals surface area contributed by atoms with Crippen molar-refractivity contribution >= 4 is 28.4 Å². The number of hydrogen-bond acceptors (Lipinski definition) is 6. The van der Waals surface area contributed by atoms with Gasteiger partial charge in [0.1, 0.15) is 12.2 Å². The molecule has 4 rings (SSSR count). The number of aromatic nitrogens is 3. The minimum Gasteiger partial charge on any atom is -0.380 e. The molecular weight excluding hydrogens is 415 g/mol. The van der Waals surface area contributed by atoms with Gasteiger partial charge in [-0.3, -0.25) is 19.3 Å². The molecule has 1 N–H and O–H groups in total. The van der Waals surface area contributed by atoms with E-state index in [9.17, 15) is 22.8 Å². The molecule has 0 aromatic carbocycles. The lowest BCUT2D eigenvalue weighted by molar-refractivity contribution is -0.141. The number of nitrogens with one attached hydrogen (secondary N) is 1. The van der Waals surface area contributed by atoms with Crippen molar-refractivity contribution in [3.05, 3.63) is 41.9 Å². The van der Waals surface area contributed by atoms with Crippen LogP contribution in [0.2, 0.25) is 0 Å². The summed E-state index contributed by atoms with van der Waals surface area (Å²) < 4.78 is 45.5. The number of ketones is 1. The van der Waals surface area contributed by atoms with Crippen molar-refractivity contribution in [2.24, 2.45) is 0 Å². The van der Waals surface area contributed by atoms with E-state index in [0.717, 1.165) is 4.68 Å². The number of hydrogen-bond donors (Lipinski definition) is 1. The molecule has 11 heteroatoms. The summed E-state index contributed by atoms with van der Waals surface area (Å²) in [5, 5.41) is 7.10. The molecular formula is C20H20F3N5O3. The van der Waals surface area contributed by atoms with Crippen LogP contribution in [0.3, 0.4) is 0 Å². The molecule has 0 bridgehead atoms. The van der Waals surface area contributed by atoms with Crippen molar-refractivity contribution < 1.29 is 27.5 Å². The van der Waals surface area contributed by atoms with Crippen molar-refractivity contribution in [2.75, 3.05) is 31.6 Å². The molecule has 0 unspecified atom stereocenters. The first kappa shape index (κ1) is 21.0. The van der Waals surface area contributed by atoms with Crippen LogP contribution in [0.5, 0.6) is 0 Å². The van der Waals surface area contributed by atoms with Gasteiger partial charge in [0.2, 0.25) is 0 Å². The fourth-order valence-electron chi connectivity index (χ4n) is 3.46. The zero-order chi connectivity index (χ0) is 22.0. The highest BCUT2D eigenvalue weighted by Gasteiger charge is 2.31. The van der Waals surface area contributed by atoms with Crippen LogP contribution >= 0.6 is 0 Å². The van der Waals surface area contributed by atoms with Crippen molar-refractivity contribution in [3.63, 3.8) is 0 Å². The second-order valence-electron chi connectivity index (χ2n) is 7.23. The lowest BCUT2D eigenvalue weighted by Crippen LogP contribution is -2.33. The summed E-state index contributed by atoms with van der Waals surface area (Å²) in [6, 6.07) is 1.31. The van der Waals surface area contributed by atoms with Gasteiger partial charge in [0, 0.05) is 32.3 Å². The van der Waals surface area contributed by atoms with E-state index in [1.807, 2.05) is 0 Å². The van der Waals surface area contributed by atoms with E-state index >= 15 is 0 Å². The van der Waals surface area contributed by atoms with E-state index in [1.165, 1.54) is 18.3 Å². The maximum Gasteiger partial charge on any atom is 0.408 e. The number of fused-ring (bicyclic) bond motifs is 1. The Kier molecular flexibility index (Phi) is 5.77. The van der Waals surface area contributed by atoms with Crippen LogP contribution in [-0.2, 0) is 16.1 Å². The van der Waals surface area contributed by atoms with Crippen molar-refractivity contribution in [2.45, 2.75) is 25.6 Å². The topological polar surface area (TPSA) is 89.4 Å².